The first kappa shape index (κ1) is 15.3. The van der Waals surface area contributed by atoms with Gasteiger partial charge in [0.2, 0.25) is 0 Å². The lowest BCUT2D eigenvalue weighted by atomic mass is 9.89. The molecule has 8 heteroatoms. The molecule has 2 N–H and O–H groups in total. The van der Waals surface area contributed by atoms with Crippen LogP contribution >= 0.6 is 0 Å². The number of fused-ring (bicyclic) bond motifs is 1. The van der Waals surface area contributed by atoms with E-state index in [1.165, 1.54) is 29.2 Å². The van der Waals surface area contributed by atoms with Crippen LogP contribution in [-0.2, 0) is 16.9 Å². The number of urea groups is 1. The predicted molar refractivity (Wildman–Crippen MR) is 83.7 cm³/mol. The fraction of sp³-hybridized carbons (Fsp3) is 0.176. The average molecular weight is 340 g/mol. The highest BCUT2D eigenvalue weighted by atomic mass is 19.1. The van der Waals surface area contributed by atoms with Crippen molar-refractivity contribution >= 4 is 17.8 Å². The van der Waals surface area contributed by atoms with Crippen molar-refractivity contribution in [3.63, 3.8) is 0 Å². The Morgan fingerprint density at radius 1 is 1.16 bits per heavy atom. The Morgan fingerprint density at radius 2 is 1.92 bits per heavy atom. The van der Waals surface area contributed by atoms with Crippen molar-refractivity contribution in [2.24, 2.45) is 0 Å². The summed E-state index contributed by atoms with van der Waals surface area (Å²) in [5, 5.41) is 4.79. The predicted octanol–water partition coefficient (Wildman–Crippen LogP) is 0.911. The maximum absolute atomic E-state index is 13.3. The second-order valence-corrected chi connectivity index (χ2v) is 5.98. The van der Waals surface area contributed by atoms with Crippen LogP contribution in [0, 0.1) is 5.82 Å². The molecule has 0 saturated carbocycles. The molecule has 1 aromatic heterocycles. The van der Waals surface area contributed by atoms with Crippen LogP contribution in [0.2, 0.25) is 0 Å². The van der Waals surface area contributed by atoms with Crippen LogP contribution < -0.4 is 10.6 Å². The standard InChI is InChI=1S/C17H13FN4O3/c18-11-5-3-10(4-6-11)17(15(24)20-16(25)21-17)9-22-8-13-12(14(22)23)2-1-7-19-13/h1-7H,8-9H2,(H2,20,21,24,25). The third-order valence-corrected chi connectivity index (χ3v) is 4.46. The van der Waals surface area contributed by atoms with E-state index in [0.717, 1.165) is 0 Å². The lowest BCUT2D eigenvalue weighted by Crippen LogP contribution is -2.52. The van der Waals surface area contributed by atoms with Gasteiger partial charge in [-0.15, -0.1) is 0 Å². The quantitative estimate of drug-likeness (QED) is 0.813. The van der Waals surface area contributed by atoms with Gasteiger partial charge in [0.15, 0.2) is 5.54 Å². The van der Waals surface area contributed by atoms with Crippen molar-refractivity contribution in [3.8, 4) is 0 Å². The summed E-state index contributed by atoms with van der Waals surface area (Å²) >= 11 is 0. The van der Waals surface area contributed by atoms with Gasteiger partial charge in [-0.2, -0.15) is 0 Å². The molecule has 1 fully saturated rings. The minimum Gasteiger partial charge on any atom is -0.329 e. The summed E-state index contributed by atoms with van der Waals surface area (Å²) in [6, 6.07) is 7.94. The van der Waals surface area contributed by atoms with Gasteiger partial charge < -0.3 is 10.2 Å². The Balaban J connectivity index is 1.72. The first-order valence-corrected chi connectivity index (χ1v) is 7.62. The fourth-order valence-corrected chi connectivity index (χ4v) is 3.23. The highest BCUT2D eigenvalue weighted by molar-refractivity contribution is 6.08. The molecule has 1 aromatic carbocycles. The van der Waals surface area contributed by atoms with Gasteiger partial charge in [-0.25, -0.2) is 9.18 Å². The van der Waals surface area contributed by atoms with Crippen molar-refractivity contribution in [2.45, 2.75) is 12.1 Å². The van der Waals surface area contributed by atoms with Gasteiger partial charge in [0.25, 0.3) is 11.8 Å². The molecule has 1 unspecified atom stereocenters. The first-order valence-electron chi connectivity index (χ1n) is 7.62. The molecule has 4 amide bonds. The molecule has 7 nitrogen and oxygen atoms in total. The lowest BCUT2D eigenvalue weighted by Gasteiger charge is -2.31. The Kier molecular flexibility index (Phi) is 3.28. The molecule has 2 aromatic rings. The number of hydrogen-bond acceptors (Lipinski definition) is 4. The molecule has 3 heterocycles. The van der Waals surface area contributed by atoms with Gasteiger partial charge in [-0.1, -0.05) is 12.1 Å². The van der Waals surface area contributed by atoms with Gasteiger partial charge in [0.05, 0.1) is 24.3 Å². The molecule has 4 rings (SSSR count). The van der Waals surface area contributed by atoms with Gasteiger partial charge in [0.1, 0.15) is 5.82 Å². The number of rotatable bonds is 3. The van der Waals surface area contributed by atoms with Crippen LogP contribution in [0.3, 0.4) is 0 Å². The second-order valence-electron chi connectivity index (χ2n) is 5.98. The van der Waals surface area contributed by atoms with Crippen molar-refractivity contribution in [3.05, 3.63) is 65.2 Å². The monoisotopic (exact) mass is 340 g/mol. The normalized spacial score (nSPS) is 22.0. The van der Waals surface area contributed by atoms with E-state index in [4.69, 9.17) is 0 Å². The fourth-order valence-electron chi connectivity index (χ4n) is 3.23. The molecule has 0 aliphatic carbocycles. The SMILES string of the molecule is O=C1NC(=O)C(CN2Cc3ncccc3C2=O)(c2ccc(F)cc2)N1. The summed E-state index contributed by atoms with van der Waals surface area (Å²) < 4.78 is 13.3. The van der Waals surface area contributed by atoms with Crippen molar-refractivity contribution < 1.29 is 18.8 Å². The number of nitrogens with one attached hydrogen (secondary N) is 2. The van der Waals surface area contributed by atoms with Crippen LogP contribution in [-0.4, -0.2) is 34.3 Å². The maximum Gasteiger partial charge on any atom is 0.322 e. The number of amides is 4. The highest BCUT2D eigenvalue weighted by Crippen LogP contribution is 2.30. The van der Waals surface area contributed by atoms with Gasteiger partial charge in [-0.3, -0.25) is 19.9 Å². The molecule has 1 saturated heterocycles. The van der Waals surface area contributed by atoms with Crippen LogP contribution in [0.5, 0.6) is 0 Å². The first-order chi connectivity index (χ1) is 12.0. The van der Waals surface area contributed by atoms with Crippen molar-refractivity contribution in [1.29, 1.82) is 0 Å². The molecular formula is C17H13FN4O3. The van der Waals surface area contributed by atoms with Crippen LogP contribution in [0.4, 0.5) is 9.18 Å². The van der Waals surface area contributed by atoms with E-state index < -0.39 is 23.3 Å². The summed E-state index contributed by atoms with van der Waals surface area (Å²) in [5.74, 6) is -1.31. The van der Waals surface area contributed by atoms with Gasteiger partial charge in [-0.05, 0) is 29.8 Å². The number of pyridine rings is 1. The van der Waals surface area contributed by atoms with Gasteiger partial charge in [0, 0.05) is 6.20 Å². The number of hydrogen-bond donors (Lipinski definition) is 2. The topological polar surface area (TPSA) is 91.4 Å². The molecule has 2 aliphatic heterocycles. The summed E-state index contributed by atoms with van der Waals surface area (Å²) in [6.45, 7) is 0.159. The van der Waals surface area contributed by atoms with Crippen molar-refractivity contribution in [1.82, 2.24) is 20.5 Å². The van der Waals surface area contributed by atoms with E-state index in [9.17, 15) is 18.8 Å². The average Bonchev–Trinajstić information content (AvgIpc) is 3.06. The molecule has 126 valence electrons. The Bertz CT molecular complexity index is 899. The van der Waals surface area contributed by atoms with Crippen LogP contribution in [0.25, 0.3) is 0 Å². The molecule has 0 radical (unpaired) electrons. The molecule has 1 atom stereocenters. The summed E-state index contributed by atoms with van der Waals surface area (Å²) in [6.07, 6.45) is 1.59. The van der Waals surface area contributed by atoms with Crippen LogP contribution in [0.15, 0.2) is 42.6 Å². The number of imide groups is 1. The van der Waals surface area contributed by atoms with E-state index >= 15 is 0 Å². The summed E-state index contributed by atoms with van der Waals surface area (Å²) in [4.78, 5) is 42.5. The smallest absolute Gasteiger partial charge is 0.322 e. The summed E-state index contributed by atoms with van der Waals surface area (Å²) in [7, 11) is 0. The number of carbonyl (C=O) groups is 3. The van der Waals surface area contributed by atoms with E-state index in [-0.39, 0.29) is 19.0 Å². The number of nitrogens with zero attached hydrogens (tertiary/aromatic N) is 2. The Morgan fingerprint density at radius 3 is 2.56 bits per heavy atom. The Hall–Kier alpha value is -3.29. The maximum atomic E-state index is 13.3. The molecule has 2 aliphatic rings. The molecule has 0 spiro atoms. The number of benzene rings is 1. The number of carbonyl (C=O) groups excluding carboxylic acids is 3. The lowest BCUT2D eigenvalue weighted by molar-refractivity contribution is -0.124. The number of halogens is 1. The highest BCUT2D eigenvalue weighted by Gasteiger charge is 2.50. The third kappa shape index (κ3) is 2.34. The summed E-state index contributed by atoms with van der Waals surface area (Å²) in [5.41, 5.74) is 0.0182. The zero-order valence-corrected chi connectivity index (χ0v) is 13.0. The minimum absolute atomic E-state index is 0.0780. The van der Waals surface area contributed by atoms with E-state index in [2.05, 4.69) is 15.6 Å². The third-order valence-electron chi connectivity index (χ3n) is 4.46. The largest absolute Gasteiger partial charge is 0.329 e. The molecule has 0 bridgehead atoms. The van der Waals surface area contributed by atoms with E-state index in [1.54, 1.807) is 18.3 Å². The van der Waals surface area contributed by atoms with E-state index in [1.807, 2.05) is 0 Å². The zero-order chi connectivity index (χ0) is 17.6. The molecule has 25 heavy (non-hydrogen) atoms. The van der Waals surface area contributed by atoms with Gasteiger partial charge >= 0.3 is 6.03 Å². The second kappa shape index (κ2) is 5.37. The van der Waals surface area contributed by atoms with E-state index in [0.29, 0.717) is 16.8 Å². The Labute approximate surface area is 141 Å². The minimum atomic E-state index is -1.47. The number of aromatic nitrogens is 1. The van der Waals surface area contributed by atoms with Crippen LogP contribution in [0.1, 0.15) is 21.6 Å². The molecular weight excluding hydrogens is 327 g/mol. The zero-order valence-electron chi connectivity index (χ0n) is 13.0. The van der Waals surface area contributed by atoms with Crippen molar-refractivity contribution in [2.75, 3.05) is 6.54 Å².